The van der Waals surface area contributed by atoms with E-state index in [0.717, 1.165) is 35.9 Å². The number of aryl methyl sites for hydroxylation is 1. The van der Waals surface area contributed by atoms with Crippen molar-refractivity contribution in [1.29, 1.82) is 0 Å². The van der Waals surface area contributed by atoms with Gasteiger partial charge < -0.3 is 10.3 Å². The molecule has 1 fully saturated rings. The molecule has 1 aliphatic heterocycles. The molecule has 0 saturated carbocycles. The number of hydrogen-bond donors (Lipinski definition) is 2. The summed E-state index contributed by atoms with van der Waals surface area (Å²) in [7, 11) is 2.01. The van der Waals surface area contributed by atoms with Crippen LogP contribution in [0.1, 0.15) is 46.5 Å². The monoisotopic (exact) mass is 417 g/mol. The van der Waals surface area contributed by atoms with Crippen molar-refractivity contribution in [2.75, 3.05) is 13.6 Å². The van der Waals surface area contributed by atoms with Gasteiger partial charge in [0.25, 0.3) is 5.91 Å². The molecule has 0 unspecified atom stereocenters. The maximum atomic E-state index is 12.8. The van der Waals surface area contributed by atoms with E-state index in [4.69, 9.17) is 0 Å². The number of pyridine rings is 1. The second-order valence-corrected chi connectivity index (χ2v) is 7.66. The Morgan fingerprint density at radius 3 is 2.67 bits per heavy atom. The number of alkyl halides is 3. The Morgan fingerprint density at radius 2 is 1.97 bits per heavy atom. The van der Waals surface area contributed by atoms with Gasteiger partial charge in [0.15, 0.2) is 0 Å². The molecule has 158 valence electrons. The van der Waals surface area contributed by atoms with Crippen LogP contribution in [0.4, 0.5) is 13.2 Å². The molecule has 3 aromatic rings. The molecule has 0 spiro atoms. The number of nitrogens with zero attached hydrogens (tertiary/aromatic N) is 3. The average molecular weight is 417 g/mol. The van der Waals surface area contributed by atoms with E-state index in [9.17, 15) is 18.0 Å². The largest absolute Gasteiger partial charge is 0.433 e. The van der Waals surface area contributed by atoms with E-state index in [1.54, 1.807) is 0 Å². The van der Waals surface area contributed by atoms with Gasteiger partial charge in [-0.25, -0.2) is 9.97 Å². The molecule has 2 aromatic heterocycles. The molecule has 1 amide bonds. The normalized spacial score (nSPS) is 20.4. The number of halogens is 3. The standard InChI is InChI=1S/C21H22F3N5O/c1-12-14(7-8-18(25-12)21(22,23)24)20(30)26-13-9-10-29(2)17(11-13)19-27-15-5-3-4-6-16(15)28-19/h3-8,13,17H,9-11H2,1-2H3,(H,26,30)(H,27,28)/t13-,17-/m1/s1. The number of amides is 1. The van der Waals surface area contributed by atoms with Crippen LogP contribution in [0.3, 0.4) is 0 Å². The van der Waals surface area contributed by atoms with E-state index in [2.05, 4.69) is 25.2 Å². The Hall–Kier alpha value is -2.94. The number of likely N-dealkylation sites (tertiary alicyclic amines) is 1. The highest BCUT2D eigenvalue weighted by atomic mass is 19.4. The minimum absolute atomic E-state index is 0.00303. The third-order valence-electron chi connectivity index (χ3n) is 5.55. The number of H-pyrrole nitrogens is 1. The summed E-state index contributed by atoms with van der Waals surface area (Å²) in [5.74, 6) is 0.427. The van der Waals surface area contributed by atoms with Crippen molar-refractivity contribution in [3.8, 4) is 0 Å². The molecule has 0 radical (unpaired) electrons. The van der Waals surface area contributed by atoms with Crippen molar-refractivity contribution in [3.63, 3.8) is 0 Å². The molecular weight excluding hydrogens is 395 g/mol. The predicted octanol–water partition coefficient (Wildman–Crippen LogP) is 3.85. The molecular formula is C21H22F3N5O. The smallest absolute Gasteiger partial charge is 0.349 e. The number of hydrogen-bond acceptors (Lipinski definition) is 4. The highest BCUT2D eigenvalue weighted by Crippen LogP contribution is 2.30. The molecule has 30 heavy (non-hydrogen) atoms. The lowest BCUT2D eigenvalue weighted by molar-refractivity contribution is -0.141. The van der Waals surface area contributed by atoms with E-state index >= 15 is 0 Å². The SMILES string of the molecule is Cc1nc(C(F)(F)F)ccc1C(=O)N[C@@H]1CCN(C)[C@@H](c2nc3ccccc3[nH]2)C1. The summed E-state index contributed by atoms with van der Waals surface area (Å²) in [4.78, 5) is 26.5. The lowest BCUT2D eigenvalue weighted by Crippen LogP contribution is -2.45. The lowest BCUT2D eigenvalue weighted by Gasteiger charge is -2.36. The molecule has 2 atom stereocenters. The highest BCUT2D eigenvalue weighted by molar-refractivity contribution is 5.95. The topological polar surface area (TPSA) is 73.9 Å². The van der Waals surface area contributed by atoms with Crippen molar-refractivity contribution in [2.45, 2.75) is 38.0 Å². The zero-order valence-electron chi connectivity index (χ0n) is 16.6. The molecule has 0 aliphatic carbocycles. The minimum Gasteiger partial charge on any atom is -0.349 e. The molecule has 6 nitrogen and oxygen atoms in total. The van der Waals surface area contributed by atoms with Gasteiger partial charge >= 0.3 is 6.18 Å². The molecule has 1 saturated heterocycles. The summed E-state index contributed by atoms with van der Waals surface area (Å²) in [6.07, 6.45) is -3.14. The summed E-state index contributed by atoms with van der Waals surface area (Å²) in [5, 5.41) is 2.96. The van der Waals surface area contributed by atoms with Crippen molar-refractivity contribution in [2.24, 2.45) is 0 Å². The Kier molecular flexibility index (Phi) is 5.23. The Bertz CT molecular complexity index is 1040. The lowest BCUT2D eigenvalue weighted by atomic mass is 9.96. The first-order valence-corrected chi connectivity index (χ1v) is 9.73. The number of piperidine rings is 1. The highest BCUT2D eigenvalue weighted by Gasteiger charge is 2.34. The Labute approximate surface area is 171 Å². The number of carbonyl (C=O) groups excluding carboxylic acids is 1. The summed E-state index contributed by atoms with van der Waals surface area (Å²) < 4.78 is 38.4. The number of benzene rings is 1. The first-order valence-electron chi connectivity index (χ1n) is 9.73. The minimum atomic E-state index is -4.53. The van der Waals surface area contributed by atoms with Crippen LogP contribution in [0.25, 0.3) is 11.0 Å². The van der Waals surface area contributed by atoms with Gasteiger partial charge in [0.1, 0.15) is 11.5 Å². The zero-order chi connectivity index (χ0) is 21.5. The van der Waals surface area contributed by atoms with E-state index in [1.165, 1.54) is 13.0 Å². The van der Waals surface area contributed by atoms with Gasteiger partial charge in [-0.2, -0.15) is 13.2 Å². The van der Waals surface area contributed by atoms with Gasteiger partial charge in [0.05, 0.1) is 28.3 Å². The summed E-state index contributed by atoms with van der Waals surface area (Å²) in [5.41, 5.74) is 1.06. The molecule has 9 heteroatoms. The number of para-hydroxylation sites is 2. The Morgan fingerprint density at radius 1 is 1.20 bits per heavy atom. The third kappa shape index (κ3) is 4.02. The van der Waals surface area contributed by atoms with E-state index in [0.29, 0.717) is 6.42 Å². The molecule has 3 heterocycles. The fourth-order valence-corrected chi connectivity index (χ4v) is 3.89. The summed E-state index contributed by atoms with van der Waals surface area (Å²) >= 11 is 0. The number of imidazole rings is 1. The fraction of sp³-hybridized carbons (Fsp3) is 0.381. The van der Waals surface area contributed by atoms with Gasteiger partial charge in [0, 0.05) is 12.6 Å². The van der Waals surface area contributed by atoms with Crippen molar-refractivity contribution in [1.82, 2.24) is 25.2 Å². The summed E-state index contributed by atoms with van der Waals surface area (Å²) in [6, 6.07) is 9.70. The summed E-state index contributed by atoms with van der Waals surface area (Å²) in [6.45, 7) is 2.17. The van der Waals surface area contributed by atoms with E-state index < -0.39 is 17.8 Å². The molecule has 1 aromatic carbocycles. The Balaban J connectivity index is 1.49. The molecule has 2 N–H and O–H groups in total. The first kappa shape index (κ1) is 20.3. The van der Waals surface area contributed by atoms with Gasteiger partial charge in [-0.1, -0.05) is 12.1 Å². The second-order valence-electron chi connectivity index (χ2n) is 7.66. The molecule has 4 rings (SSSR count). The quantitative estimate of drug-likeness (QED) is 0.679. The van der Waals surface area contributed by atoms with Gasteiger partial charge in [0.2, 0.25) is 0 Å². The van der Waals surface area contributed by atoms with Crippen LogP contribution >= 0.6 is 0 Å². The van der Waals surface area contributed by atoms with E-state index in [1.807, 2.05) is 31.3 Å². The second kappa shape index (κ2) is 7.71. The fourth-order valence-electron chi connectivity index (χ4n) is 3.89. The average Bonchev–Trinajstić information content (AvgIpc) is 3.12. The van der Waals surface area contributed by atoms with Gasteiger partial charge in [-0.3, -0.25) is 9.69 Å². The van der Waals surface area contributed by atoms with Crippen LogP contribution in [-0.2, 0) is 6.18 Å². The van der Waals surface area contributed by atoms with Crippen molar-refractivity contribution >= 4 is 16.9 Å². The van der Waals surface area contributed by atoms with Gasteiger partial charge in [-0.15, -0.1) is 0 Å². The maximum Gasteiger partial charge on any atom is 0.433 e. The number of rotatable bonds is 3. The van der Waals surface area contributed by atoms with Gasteiger partial charge in [-0.05, 0) is 51.1 Å². The van der Waals surface area contributed by atoms with Crippen molar-refractivity contribution in [3.05, 3.63) is 59.2 Å². The number of carbonyl (C=O) groups is 1. The van der Waals surface area contributed by atoms with Crippen LogP contribution in [0, 0.1) is 6.92 Å². The van der Waals surface area contributed by atoms with Crippen molar-refractivity contribution < 1.29 is 18.0 Å². The van der Waals surface area contributed by atoms with Crippen LogP contribution in [0.2, 0.25) is 0 Å². The van der Waals surface area contributed by atoms with Crippen LogP contribution in [0.5, 0.6) is 0 Å². The third-order valence-corrected chi connectivity index (χ3v) is 5.55. The molecule has 1 aliphatic rings. The van der Waals surface area contributed by atoms with E-state index in [-0.39, 0.29) is 23.3 Å². The number of aromatic nitrogens is 3. The van der Waals surface area contributed by atoms with Crippen LogP contribution in [0.15, 0.2) is 36.4 Å². The number of fused-ring (bicyclic) bond motifs is 1. The zero-order valence-corrected chi connectivity index (χ0v) is 16.6. The maximum absolute atomic E-state index is 12.8. The van der Waals surface area contributed by atoms with Crippen LogP contribution < -0.4 is 5.32 Å². The van der Waals surface area contributed by atoms with Crippen LogP contribution in [-0.4, -0.2) is 45.4 Å². The molecule has 0 bridgehead atoms. The predicted molar refractivity (Wildman–Crippen MR) is 106 cm³/mol. The number of nitrogens with one attached hydrogen (secondary N) is 2. The first-order chi connectivity index (χ1) is 14.2. The number of aromatic amines is 1.